The first kappa shape index (κ1) is 9.55. The SMILES string of the molecule is C[Si](C)(C)O[C@@H]1CCC[C@H]1Cl. The third kappa shape index (κ3) is 3.14. The summed E-state index contributed by atoms with van der Waals surface area (Å²) in [6, 6.07) is 0. The topological polar surface area (TPSA) is 9.23 Å². The normalized spacial score (nSPS) is 32.7. The minimum absolute atomic E-state index is 0.279. The van der Waals surface area contributed by atoms with E-state index in [1.807, 2.05) is 0 Å². The van der Waals surface area contributed by atoms with Crippen LogP contribution in [0.1, 0.15) is 19.3 Å². The number of rotatable bonds is 2. The monoisotopic (exact) mass is 192 g/mol. The minimum atomic E-state index is -1.35. The van der Waals surface area contributed by atoms with Crippen molar-refractivity contribution in [1.29, 1.82) is 0 Å². The summed E-state index contributed by atoms with van der Waals surface area (Å²) >= 11 is 6.08. The highest BCUT2D eigenvalue weighted by molar-refractivity contribution is 6.69. The van der Waals surface area contributed by atoms with E-state index in [0.29, 0.717) is 6.10 Å². The van der Waals surface area contributed by atoms with Crippen LogP contribution in [0.3, 0.4) is 0 Å². The molecule has 3 heteroatoms. The van der Waals surface area contributed by atoms with Gasteiger partial charge >= 0.3 is 0 Å². The van der Waals surface area contributed by atoms with Crippen molar-refractivity contribution in [2.75, 3.05) is 0 Å². The summed E-state index contributed by atoms with van der Waals surface area (Å²) in [6.45, 7) is 6.65. The minimum Gasteiger partial charge on any atom is -0.413 e. The van der Waals surface area contributed by atoms with Gasteiger partial charge in [0.25, 0.3) is 0 Å². The molecule has 0 spiro atoms. The Hall–Kier alpha value is 0.467. The Labute approximate surface area is 75.2 Å². The summed E-state index contributed by atoms with van der Waals surface area (Å²) in [6.07, 6.45) is 3.89. The van der Waals surface area contributed by atoms with Crippen LogP contribution in [-0.2, 0) is 4.43 Å². The fourth-order valence-electron chi connectivity index (χ4n) is 1.47. The average molecular weight is 193 g/mol. The molecule has 0 aromatic rings. The van der Waals surface area contributed by atoms with E-state index in [2.05, 4.69) is 19.6 Å². The summed E-state index contributed by atoms with van der Waals surface area (Å²) in [5.41, 5.74) is 0. The van der Waals surface area contributed by atoms with Crippen LogP contribution < -0.4 is 0 Å². The summed E-state index contributed by atoms with van der Waals surface area (Å²) in [7, 11) is -1.35. The van der Waals surface area contributed by atoms with Crippen LogP contribution in [0.5, 0.6) is 0 Å². The molecule has 11 heavy (non-hydrogen) atoms. The third-order valence-electron chi connectivity index (χ3n) is 1.88. The number of hydrogen-bond donors (Lipinski definition) is 0. The van der Waals surface area contributed by atoms with Gasteiger partial charge in [0.2, 0.25) is 0 Å². The first-order valence-electron chi connectivity index (χ1n) is 4.31. The number of hydrogen-bond acceptors (Lipinski definition) is 1. The molecule has 2 atom stereocenters. The van der Waals surface area contributed by atoms with E-state index >= 15 is 0 Å². The van der Waals surface area contributed by atoms with Gasteiger partial charge in [-0.3, -0.25) is 0 Å². The first-order chi connectivity index (χ1) is 4.99. The molecule has 0 bridgehead atoms. The largest absolute Gasteiger partial charge is 0.413 e. The molecule has 66 valence electrons. The van der Waals surface area contributed by atoms with Gasteiger partial charge in [-0.2, -0.15) is 0 Å². The lowest BCUT2D eigenvalue weighted by Crippen LogP contribution is -2.34. The molecule has 0 unspecified atom stereocenters. The van der Waals surface area contributed by atoms with Crippen molar-refractivity contribution in [2.24, 2.45) is 0 Å². The molecule has 0 radical (unpaired) electrons. The van der Waals surface area contributed by atoms with Gasteiger partial charge in [-0.25, -0.2) is 0 Å². The molecule has 1 fully saturated rings. The van der Waals surface area contributed by atoms with Gasteiger partial charge < -0.3 is 4.43 Å². The molecule has 0 aromatic heterocycles. The van der Waals surface area contributed by atoms with Crippen molar-refractivity contribution in [3.05, 3.63) is 0 Å². The lowest BCUT2D eigenvalue weighted by atomic mass is 10.3. The van der Waals surface area contributed by atoms with Crippen LogP contribution >= 0.6 is 11.6 Å². The molecule has 1 nitrogen and oxygen atoms in total. The molecule has 0 N–H and O–H groups in total. The molecular formula is C8H17ClOSi. The molecule has 0 amide bonds. The molecule has 0 saturated heterocycles. The van der Waals surface area contributed by atoms with Crippen molar-refractivity contribution in [2.45, 2.75) is 50.4 Å². The van der Waals surface area contributed by atoms with Gasteiger partial charge in [-0.1, -0.05) is 0 Å². The predicted octanol–water partition coefficient (Wildman–Crippen LogP) is 3.00. The lowest BCUT2D eigenvalue weighted by molar-refractivity contribution is 0.205. The van der Waals surface area contributed by atoms with Crippen molar-refractivity contribution in [1.82, 2.24) is 0 Å². The molecular weight excluding hydrogens is 176 g/mol. The quantitative estimate of drug-likeness (QED) is 0.483. The fraction of sp³-hybridized carbons (Fsp3) is 1.00. The Morgan fingerprint density at radius 1 is 1.27 bits per heavy atom. The smallest absolute Gasteiger partial charge is 0.184 e. The molecule has 0 heterocycles. The zero-order valence-corrected chi connectivity index (χ0v) is 9.32. The number of halogens is 1. The summed E-state index contributed by atoms with van der Waals surface area (Å²) in [5, 5.41) is 0.279. The van der Waals surface area contributed by atoms with E-state index in [4.69, 9.17) is 16.0 Å². The summed E-state index contributed by atoms with van der Waals surface area (Å²) in [5.74, 6) is 0. The Balaban J connectivity index is 2.37. The predicted molar refractivity (Wildman–Crippen MR) is 51.7 cm³/mol. The second-order valence-electron chi connectivity index (χ2n) is 4.22. The second kappa shape index (κ2) is 3.46. The van der Waals surface area contributed by atoms with E-state index in [-0.39, 0.29) is 5.38 Å². The molecule has 0 aliphatic heterocycles. The Morgan fingerprint density at radius 3 is 2.27 bits per heavy atom. The van der Waals surface area contributed by atoms with Crippen LogP contribution in [-0.4, -0.2) is 19.8 Å². The Kier molecular flexibility index (Phi) is 3.00. The highest BCUT2D eigenvalue weighted by Crippen LogP contribution is 2.28. The van der Waals surface area contributed by atoms with Crippen LogP contribution in [0.4, 0.5) is 0 Å². The van der Waals surface area contributed by atoms with Crippen molar-refractivity contribution >= 4 is 19.9 Å². The highest BCUT2D eigenvalue weighted by Gasteiger charge is 2.30. The zero-order chi connectivity index (χ0) is 8.48. The van der Waals surface area contributed by atoms with E-state index in [0.717, 1.165) is 6.42 Å². The number of alkyl halides is 1. The van der Waals surface area contributed by atoms with Gasteiger partial charge in [0.1, 0.15) is 0 Å². The van der Waals surface area contributed by atoms with Crippen molar-refractivity contribution < 1.29 is 4.43 Å². The summed E-state index contributed by atoms with van der Waals surface area (Å²) in [4.78, 5) is 0. The third-order valence-corrected chi connectivity index (χ3v) is 3.39. The molecule has 1 aliphatic carbocycles. The van der Waals surface area contributed by atoms with E-state index in [1.54, 1.807) is 0 Å². The first-order valence-corrected chi connectivity index (χ1v) is 8.15. The van der Waals surface area contributed by atoms with Crippen LogP contribution in [0.2, 0.25) is 19.6 Å². The van der Waals surface area contributed by atoms with Gasteiger partial charge in [-0.05, 0) is 38.9 Å². The van der Waals surface area contributed by atoms with Gasteiger partial charge in [0, 0.05) is 0 Å². The van der Waals surface area contributed by atoms with Gasteiger partial charge in [-0.15, -0.1) is 11.6 Å². The zero-order valence-electron chi connectivity index (χ0n) is 7.56. The second-order valence-corrected chi connectivity index (χ2v) is 9.24. The van der Waals surface area contributed by atoms with Crippen LogP contribution in [0.25, 0.3) is 0 Å². The van der Waals surface area contributed by atoms with Gasteiger partial charge in [0.15, 0.2) is 8.32 Å². The lowest BCUT2D eigenvalue weighted by Gasteiger charge is -2.24. The van der Waals surface area contributed by atoms with Gasteiger partial charge in [0.05, 0.1) is 11.5 Å². The molecule has 1 aliphatic rings. The van der Waals surface area contributed by atoms with Crippen molar-refractivity contribution in [3.63, 3.8) is 0 Å². The van der Waals surface area contributed by atoms with Crippen LogP contribution in [0, 0.1) is 0 Å². The maximum Gasteiger partial charge on any atom is 0.184 e. The van der Waals surface area contributed by atoms with Crippen molar-refractivity contribution in [3.8, 4) is 0 Å². The highest BCUT2D eigenvalue weighted by atomic mass is 35.5. The average Bonchev–Trinajstić information content (AvgIpc) is 2.12. The molecule has 0 aromatic carbocycles. The Bertz CT molecular complexity index is 133. The molecule has 1 saturated carbocycles. The van der Waals surface area contributed by atoms with E-state index in [1.165, 1.54) is 12.8 Å². The summed E-state index contributed by atoms with van der Waals surface area (Å²) < 4.78 is 5.92. The van der Waals surface area contributed by atoms with E-state index < -0.39 is 8.32 Å². The standard InChI is InChI=1S/C8H17ClOSi/c1-11(2,3)10-8-6-4-5-7(8)9/h7-8H,4-6H2,1-3H3/t7-,8-/m1/s1. The van der Waals surface area contributed by atoms with E-state index in [9.17, 15) is 0 Å². The van der Waals surface area contributed by atoms with Crippen LogP contribution in [0.15, 0.2) is 0 Å². The fourth-order valence-corrected chi connectivity index (χ4v) is 3.08. The maximum atomic E-state index is 6.08. The molecule has 1 rings (SSSR count). The maximum absolute atomic E-state index is 6.08. The Morgan fingerprint density at radius 2 is 1.91 bits per heavy atom.